The zero-order valence-corrected chi connectivity index (χ0v) is 18.3. The zero-order chi connectivity index (χ0) is 21.5. The highest BCUT2D eigenvalue weighted by Gasteiger charge is 2.36. The van der Waals surface area contributed by atoms with Crippen molar-refractivity contribution in [2.75, 3.05) is 4.90 Å². The molecular formula is C29H28N2O. The molecule has 1 unspecified atom stereocenters. The third-order valence-corrected chi connectivity index (χ3v) is 7.39. The number of hydrogen-bond acceptors (Lipinski definition) is 1. The fraction of sp³-hybridized carbons (Fsp3) is 0.276. The van der Waals surface area contributed by atoms with E-state index >= 15 is 0 Å². The number of H-pyrrole nitrogens is 1. The van der Waals surface area contributed by atoms with E-state index in [-0.39, 0.29) is 11.9 Å². The fourth-order valence-corrected chi connectivity index (χ4v) is 5.82. The van der Waals surface area contributed by atoms with Gasteiger partial charge in [0, 0.05) is 34.6 Å². The molecule has 0 radical (unpaired) electrons. The van der Waals surface area contributed by atoms with Crippen molar-refractivity contribution in [2.45, 2.75) is 44.6 Å². The monoisotopic (exact) mass is 420 g/mol. The molecule has 0 saturated heterocycles. The number of benzene rings is 3. The smallest absolute Gasteiger partial charge is 0.227 e. The van der Waals surface area contributed by atoms with Crippen LogP contribution in [0.25, 0.3) is 22.0 Å². The molecule has 3 heteroatoms. The van der Waals surface area contributed by atoms with Gasteiger partial charge in [0.05, 0.1) is 11.7 Å². The van der Waals surface area contributed by atoms with E-state index in [2.05, 4.69) is 88.9 Å². The number of hydrogen-bond donors (Lipinski definition) is 1. The summed E-state index contributed by atoms with van der Waals surface area (Å²) in [6.45, 7) is 0. The van der Waals surface area contributed by atoms with E-state index in [0.717, 1.165) is 28.8 Å². The maximum absolute atomic E-state index is 13.9. The first kappa shape index (κ1) is 19.4. The maximum atomic E-state index is 13.9. The molecule has 32 heavy (non-hydrogen) atoms. The van der Waals surface area contributed by atoms with Gasteiger partial charge in [0.1, 0.15) is 0 Å². The van der Waals surface area contributed by atoms with Gasteiger partial charge in [0.15, 0.2) is 0 Å². The van der Waals surface area contributed by atoms with E-state index in [0.29, 0.717) is 12.3 Å². The van der Waals surface area contributed by atoms with Gasteiger partial charge in [0.25, 0.3) is 0 Å². The minimum atomic E-state index is -0.131. The second-order valence-electron chi connectivity index (χ2n) is 9.25. The highest BCUT2D eigenvalue weighted by atomic mass is 16.2. The van der Waals surface area contributed by atoms with Gasteiger partial charge in [-0.25, -0.2) is 0 Å². The summed E-state index contributed by atoms with van der Waals surface area (Å²) in [6, 6.07) is 25.2. The Labute approximate surface area is 189 Å². The Balaban J connectivity index is 1.50. The van der Waals surface area contributed by atoms with Gasteiger partial charge in [-0.2, -0.15) is 0 Å². The third-order valence-electron chi connectivity index (χ3n) is 7.39. The predicted octanol–water partition coefficient (Wildman–Crippen LogP) is 7.24. The minimum Gasteiger partial charge on any atom is -0.361 e. The van der Waals surface area contributed by atoms with Crippen LogP contribution in [0.15, 0.2) is 79.0 Å². The van der Waals surface area contributed by atoms with Crippen LogP contribution in [0.3, 0.4) is 0 Å². The van der Waals surface area contributed by atoms with E-state index in [1.54, 1.807) is 0 Å². The molecule has 1 aliphatic carbocycles. The van der Waals surface area contributed by atoms with Crippen molar-refractivity contribution in [3.05, 3.63) is 90.1 Å². The van der Waals surface area contributed by atoms with E-state index in [1.165, 1.54) is 42.2 Å². The average Bonchev–Trinajstić information content (AvgIpc) is 3.52. The first-order valence-electron chi connectivity index (χ1n) is 11.9. The Kier molecular flexibility index (Phi) is 4.83. The van der Waals surface area contributed by atoms with Crippen LogP contribution < -0.4 is 4.90 Å². The van der Waals surface area contributed by atoms with Crippen LogP contribution >= 0.6 is 0 Å². The van der Waals surface area contributed by atoms with E-state index in [9.17, 15) is 4.79 Å². The summed E-state index contributed by atoms with van der Waals surface area (Å²) in [5.41, 5.74) is 6.86. The molecule has 160 valence electrons. The molecule has 3 aromatic carbocycles. The molecule has 1 atom stereocenters. The molecule has 2 aliphatic rings. The molecule has 1 amide bonds. The average molecular weight is 421 g/mol. The summed E-state index contributed by atoms with van der Waals surface area (Å²) in [5, 5.41) is 1.18. The lowest BCUT2D eigenvalue weighted by Crippen LogP contribution is -2.38. The lowest BCUT2D eigenvalue weighted by molar-refractivity contribution is -0.119. The highest BCUT2D eigenvalue weighted by Crippen LogP contribution is 2.48. The van der Waals surface area contributed by atoms with Gasteiger partial charge in [0.2, 0.25) is 5.91 Å². The highest BCUT2D eigenvalue weighted by molar-refractivity contribution is 6.03. The second kappa shape index (κ2) is 7.98. The van der Waals surface area contributed by atoms with Gasteiger partial charge < -0.3 is 9.88 Å². The van der Waals surface area contributed by atoms with E-state index in [4.69, 9.17) is 0 Å². The quantitative estimate of drug-likeness (QED) is 0.371. The molecule has 1 saturated carbocycles. The molecule has 4 aromatic rings. The van der Waals surface area contributed by atoms with Crippen molar-refractivity contribution < 1.29 is 4.79 Å². The largest absolute Gasteiger partial charge is 0.361 e. The van der Waals surface area contributed by atoms with Crippen LogP contribution in [0, 0.1) is 5.92 Å². The lowest BCUT2D eigenvalue weighted by Gasteiger charge is -2.39. The van der Waals surface area contributed by atoms with Gasteiger partial charge in [-0.1, -0.05) is 86.3 Å². The molecular weight excluding hydrogens is 392 g/mol. The molecule has 1 N–H and O–H groups in total. The van der Waals surface area contributed by atoms with Crippen molar-refractivity contribution in [3.63, 3.8) is 0 Å². The zero-order valence-electron chi connectivity index (χ0n) is 18.3. The first-order chi connectivity index (χ1) is 15.8. The van der Waals surface area contributed by atoms with Crippen LogP contribution in [0.1, 0.15) is 55.7 Å². The summed E-state index contributed by atoms with van der Waals surface area (Å²) in [4.78, 5) is 19.4. The lowest BCUT2D eigenvalue weighted by atomic mass is 9.84. The number of para-hydroxylation sites is 2. The predicted molar refractivity (Wildman–Crippen MR) is 131 cm³/mol. The Bertz CT molecular complexity index is 1280. The molecule has 6 rings (SSSR count). The maximum Gasteiger partial charge on any atom is 0.227 e. The number of carbonyl (C=O) groups is 1. The number of nitrogens with zero attached hydrogens (tertiary/aromatic N) is 1. The Morgan fingerprint density at radius 2 is 1.56 bits per heavy atom. The Hall–Kier alpha value is -3.33. The van der Waals surface area contributed by atoms with Crippen molar-refractivity contribution >= 4 is 22.5 Å². The molecule has 1 aromatic heterocycles. The molecule has 1 fully saturated rings. The van der Waals surface area contributed by atoms with Crippen LogP contribution in [0.2, 0.25) is 0 Å². The number of aromatic amines is 1. The number of nitrogens with one attached hydrogen (secondary N) is 1. The number of amides is 1. The topological polar surface area (TPSA) is 36.1 Å². The number of carbonyl (C=O) groups excluding carboxylic acids is 1. The second-order valence-corrected chi connectivity index (χ2v) is 9.25. The molecule has 3 nitrogen and oxygen atoms in total. The molecule has 0 bridgehead atoms. The van der Waals surface area contributed by atoms with Gasteiger partial charge in [-0.15, -0.1) is 0 Å². The van der Waals surface area contributed by atoms with Crippen LogP contribution in [-0.2, 0) is 4.79 Å². The molecule has 2 heterocycles. The van der Waals surface area contributed by atoms with Crippen molar-refractivity contribution in [1.82, 2.24) is 4.98 Å². The van der Waals surface area contributed by atoms with Crippen LogP contribution in [0.5, 0.6) is 0 Å². The van der Waals surface area contributed by atoms with Crippen molar-refractivity contribution in [2.24, 2.45) is 5.92 Å². The number of fused-ring (bicyclic) bond motifs is 4. The fourth-order valence-electron chi connectivity index (χ4n) is 5.82. The summed E-state index contributed by atoms with van der Waals surface area (Å²) in [6.07, 6.45) is 8.89. The summed E-state index contributed by atoms with van der Waals surface area (Å²) in [5.74, 6) is 0.937. The van der Waals surface area contributed by atoms with Gasteiger partial charge in [-0.05, 0) is 35.6 Å². The standard InChI is InChI=1S/C29H28N2O/c32-28(18-17-20-9-1-2-10-20)31-27-16-8-6-13-23(27)21-11-3-4-14-24(21)29(31)25-19-30-26-15-7-5-12-22(25)26/h3-8,11-16,19-20,29-30H,1-2,9-10,17-18H2. The summed E-state index contributed by atoms with van der Waals surface area (Å²) < 4.78 is 0. The Morgan fingerprint density at radius 3 is 2.44 bits per heavy atom. The van der Waals surface area contributed by atoms with Crippen LogP contribution in [-0.4, -0.2) is 10.9 Å². The van der Waals surface area contributed by atoms with Crippen molar-refractivity contribution in [3.8, 4) is 11.1 Å². The minimum absolute atomic E-state index is 0.131. The number of aromatic nitrogens is 1. The third kappa shape index (κ3) is 3.15. The van der Waals surface area contributed by atoms with Gasteiger partial charge >= 0.3 is 0 Å². The number of rotatable bonds is 4. The normalized spacial score (nSPS) is 18.0. The Morgan fingerprint density at radius 1 is 0.844 bits per heavy atom. The number of anilines is 1. The summed E-state index contributed by atoms with van der Waals surface area (Å²) in [7, 11) is 0. The van der Waals surface area contributed by atoms with E-state index < -0.39 is 0 Å². The van der Waals surface area contributed by atoms with Gasteiger partial charge in [-0.3, -0.25) is 4.79 Å². The van der Waals surface area contributed by atoms with Crippen molar-refractivity contribution in [1.29, 1.82) is 0 Å². The first-order valence-corrected chi connectivity index (χ1v) is 11.9. The molecule has 1 aliphatic heterocycles. The molecule has 0 spiro atoms. The van der Waals surface area contributed by atoms with E-state index in [1.807, 2.05) is 0 Å². The summed E-state index contributed by atoms with van der Waals surface area (Å²) >= 11 is 0. The van der Waals surface area contributed by atoms with Crippen LogP contribution in [0.4, 0.5) is 5.69 Å². The SMILES string of the molecule is O=C(CCC1CCCC1)N1c2ccccc2-c2ccccc2C1c1c[nH]c2ccccc12.